The fraction of sp³-hybridized carbons (Fsp3) is 0.200. The number of aromatic hydroxyl groups is 1. The lowest BCUT2D eigenvalue weighted by atomic mass is 10.1. The molecule has 0 saturated carbocycles. The molecule has 4 N–H and O–H groups in total. The van der Waals surface area contributed by atoms with Crippen molar-refractivity contribution >= 4 is 5.91 Å². The number of terminal acetylenes is 1. The van der Waals surface area contributed by atoms with E-state index in [2.05, 4.69) is 26.4 Å². The first-order valence-corrected chi connectivity index (χ1v) is 6.45. The van der Waals surface area contributed by atoms with Crippen LogP contribution < -0.4 is 11.1 Å². The van der Waals surface area contributed by atoms with Gasteiger partial charge in [-0.3, -0.25) is 4.79 Å². The molecular weight excluding hydrogens is 282 g/mol. The molecule has 1 aromatic heterocycles. The fourth-order valence-electron chi connectivity index (χ4n) is 2.01. The van der Waals surface area contributed by atoms with Gasteiger partial charge in [-0.15, -0.1) is 16.6 Å². The number of phenolic OH excluding ortho intramolecular Hbond substituents is 1. The lowest BCUT2D eigenvalue weighted by molar-refractivity contribution is -0.120. The lowest BCUT2D eigenvalue weighted by Crippen LogP contribution is -2.33. The Morgan fingerprint density at radius 3 is 2.68 bits per heavy atom. The predicted molar refractivity (Wildman–Crippen MR) is 80.6 cm³/mol. The summed E-state index contributed by atoms with van der Waals surface area (Å²) in [5, 5.41) is 20.7. The highest BCUT2D eigenvalue weighted by Gasteiger charge is 2.21. The average Bonchev–Trinajstić information content (AvgIpc) is 2.48. The van der Waals surface area contributed by atoms with Crippen molar-refractivity contribution in [3.05, 3.63) is 35.3 Å². The van der Waals surface area contributed by atoms with Crippen molar-refractivity contribution in [1.82, 2.24) is 20.5 Å². The van der Waals surface area contributed by atoms with Gasteiger partial charge in [0.1, 0.15) is 17.5 Å². The van der Waals surface area contributed by atoms with Gasteiger partial charge < -0.3 is 16.2 Å². The van der Waals surface area contributed by atoms with Crippen LogP contribution in [0.4, 0.5) is 0 Å². The van der Waals surface area contributed by atoms with Crippen molar-refractivity contribution < 1.29 is 9.90 Å². The third-order valence-corrected chi connectivity index (χ3v) is 3.13. The second-order valence-electron chi connectivity index (χ2n) is 4.60. The van der Waals surface area contributed by atoms with Gasteiger partial charge in [-0.05, 0) is 32.2 Å². The molecule has 0 fully saturated rings. The number of likely N-dealkylation sites (N-methyl/N-ethyl adjacent to an activating group) is 1. The van der Waals surface area contributed by atoms with Crippen LogP contribution >= 0.6 is 0 Å². The number of phenols is 1. The Kier molecular flexibility index (Phi) is 4.34. The van der Waals surface area contributed by atoms with Gasteiger partial charge in [0.25, 0.3) is 0 Å². The van der Waals surface area contributed by atoms with Crippen molar-refractivity contribution in [2.24, 2.45) is 5.73 Å². The summed E-state index contributed by atoms with van der Waals surface area (Å²) in [5.41, 5.74) is 7.20. The number of nitrogens with two attached hydrogens (primary N) is 1. The number of nitrogens with one attached hydrogen (secondary N) is 1. The van der Waals surface area contributed by atoms with E-state index in [4.69, 9.17) is 12.2 Å². The molecule has 0 aliphatic rings. The monoisotopic (exact) mass is 297 g/mol. The summed E-state index contributed by atoms with van der Waals surface area (Å²) < 4.78 is 0. The number of carbonyl (C=O) groups excluding carboxylic acids is 1. The summed E-state index contributed by atoms with van der Waals surface area (Å²) in [6.45, 7) is 1.70. The van der Waals surface area contributed by atoms with E-state index in [9.17, 15) is 9.90 Å². The Bertz CT molecular complexity index is 767. The quantitative estimate of drug-likeness (QED) is 0.698. The molecule has 0 spiro atoms. The molecule has 2 aromatic rings. The van der Waals surface area contributed by atoms with Gasteiger partial charge in [-0.1, -0.05) is 5.92 Å². The second-order valence-corrected chi connectivity index (χ2v) is 4.60. The van der Waals surface area contributed by atoms with Gasteiger partial charge in [-0.25, -0.2) is 4.98 Å². The average molecular weight is 297 g/mol. The number of aryl methyl sites for hydroxylation is 1. The van der Waals surface area contributed by atoms with Crippen molar-refractivity contribution in [2.45, 2.75) is 13.0 Å². The zero-order valence-corrected chi connectivity index (χ0v) is 12.2. The minimum atomic E-state index is -0.822. The summed E-state index contributed by atoms with van der Waals surface area (Å²) in [4.78, 5) is 15.6. The SMILES string of the molecule is C#Cc1ccc(-c2nnc(C(NC)C(N)=O)nc2C)c(O)c1. The zero-order valence-electron chi connectivity index (χ0n) is 12.2. The Balaban J connectivity index is 2.47. The minimum Gasteiger partial charge on any atom is -0.507 e. The number of primary amides is 1. The smallest absolute Gasteiger partial charge is 0.242 e. The molecule has 22 heavy (non-hydrogen) atoms. The fourth-order valence-corrected chi connectivity index (χ4v) is 2.01. The number of hydrogen-bond acceptors (Lipinski definition) is 6. The number of hydrogen-bond donors (Lipinski definition) is 3. The molecule has 1 amide bonds. The van der Waals surface area contributed by atoms with E-state index in [0.29, 0.717) is 22.5 Å². The van der Waals surface area contributed by atoms with Gasteiger partial charge in [0.05, 0.1) is 5.69 Å². The summed E-state index contributed by atoms with van der Waals surface area (Å²) in [5.74, 6) is 2.00. The summed E-state index contributed by atoms with van der Waals surface area (Å²) in [7, 11) is 1.58. The third-order valence-electron chi connectivity index (χ3n) is 3.13. The van der Waals surface area contributed by atoms with Crippen LogP contribution in [0, 0.1) is 19.3 Å². The molecule has 0 aliphatic heterocycles. The van der Waals surface area contributed by atoms with Crippen LogP contribution in [-0.2, 0) is 4.79 Å². The topological polar surface area (TPSA) is 114 Å². The van der Waals surface area contributed by atoms with Crippen molar-refractivity contribution in [3.63, 3.8) is 0 Å². The summed E-state index contributed by atoms with van der Waals surface area (Å²) in [6.07, 6.45) is 5.28. The molecule has 1 aromatic carbocycles. The molecule has 2 rings (SSSR count). The Labute approximate surface area is 127 Å². The number of rotatable bonds is 4. The highest BCUT2D eigenvalue weighted by atomic mass is 16.3. The van der Waals surface area contributed by atoms with Crippen LogP contribution in [0.1, 0.15) is 23.1 Å². The van der Waals surface area contributed by atoms with Crippen LogP contribution in [0.3, 0.4) is 0 Å². The molecule has 112 valence electrons. The number of nitrogens with zero attached hydrogens (tertiary/aromatic N) is 3. The highest BCUT2D eigenvalue weighted by molar-refractivity contribution is 5.80. The zero-order chi connectivity index (χ0) is 16.3. The van der Waals surface area contributed by atoms with Gasteiger partial charge in [0.2, 0.25) is 5.91 Å². The number of benzene rings is 1. The van der Waals surface area contributed by atoms with E-state index >= 15 is 0 Å². The maximum absolute atomic E-state index is 11.3. The molecule has 7 nitrogen and oxygen atoms in total. The minimum absolute atomic E-state index is 0.0116. The first-order valence-electron chi connectivity index (χ1n) is 6.45. The van der Waals surface area contributed by atoms with Crippen LogP contribution in [-0.4, -0.2) is 33.2 Å². The molecule has 1 atom stereocenters. The van der Waals surface area contributed by atoms with E-state index in [-0.39, 0.29) is 11.6 Å². The highest BCUT2D eigenvalue weighted by Crippen LogP contribution is 2.29. The normalized spacial score (nSPS) is 11.7. The first kappa shape index (κ1) is 15.4. The molecule has 0 radical (unpaired) electrons. The van der Waals surface area contributed by atoms with Crippen molar-refractivity contribution in [1.29, 1.82) is 0 Å². The van der Waals surface area contributed by atoms with Crippen molar-refractivity contribution in [3.8, 4) is 29.4 Å². The summed E-state index contributed by atoms with van der Waals surface area (Å²) >= 11 is 0. The number of amides is 1. The lowest BCUT2D eigenvalue weighted by Gasteiger charge is -2.12. The predicted octanol–water partition coefficient (Wildman–Crippen LogP) is 0.280. The standard InChI is InChI=1S/C15H15N5O2/c1-4-9-5-6-10(11(21)7-9)12-8(2)18-15(20-19-12)13(17-3)14(16)22/h1,5-7,13,17,21H,2-3H3,(H2,16,22). The van der Waals surface area contributed by atoms with E-state index in [0.717, 1.165) is 0 Å². The van der Waals surface area contributed by atoms with Gasteiger partial charge >= 0.3 is 0 Å². The maximum Gasteiger partial charge on any atom is 0.242 e. The molecule has 0 saturated heterocycles. The van der Waals surface area contributed by atoms with E-state index < -0.39 is 11.9 Å². The second kappa shape index (κ2) is 6.20. The number of aromatic nitrogens is 3. The van der Waals surface area contributed by atoms with Crippen LogP contribution in [0.5, 0.6) is 5.75 Å². The first-order chi connectivity index (χ1) is 10.5. The van der Waals surface area contributed by atoms with E-state index in [1.165, 1.54) is 6.07 Å². The van der Waals surface area contributed by atoms with E-state index in [1.807, 2.05) is 0 Å². The Morgan fingerprint density at radius 1 is 1.45 bits per heavy atom. The molecule has 0 bridgehead atoms. The Hall–Kier alpha value is -2.98. The number of carbonyl (C=O) groups is 1. The molecule has 0 aliphatic carbocycles. The van der Waals surface area contributed by atoms with E-state index in [1.54, 1.807) is 26.1 Å². The van der Waals surface area contributed by atoms with Gasteiger partial charge in [-0.2, -0.15) is 0 Å². The van der Waals surface area contributed by atoms with Crippen LogP contribution in [0.15, 0.2) is 18.2 Å². The van der Waals surface area contributed by atoms with Gasteiger partial charge in [0, 0.05) is 11.1 Å². The van der Waals surface area contributed by atoms with Crippen LogP contribution in [0.2, 0.25) is 0 Å². The molecule has 1 heterocycles. The third kappa shape index (κ3) is 2.87. The van der Waals surface area contributed by atoms with Gasteiger partial charge in [0.15, 0.2) is 5.82 Å². The van der Waals surface area contributed by atoms with Crippen LogP contribution in [0.25, 0.3) is 11.3 Å². The Morgan fingerprint density at radius 2 is 2.18 bits per heavy atom. The molecular formula is C15H15N5O2. The summed E-state index contributed by atoms with van der Waals surface area (Å²) in [6, 6.07) is 3.97. The molecule has 1 unspecified atom stereocenters. The van der Waals surface area contributed by atoms with Crippen molar-refractivity contribution in [2.75, 3.05) is 7.05 Å². The largest absolute Gasteiger partial charge is 0.507 e. The maximum atomic E-state index is 11.3. The molecule has 7 heteroatoms.